The molecule has 2 heterocycles. The van der Waals surface area contributed by atoms with E-state index in [2.05, 4.69) is 5.32 Å². The van der Waals surface area contributed by atoms with E-state index in [4.69, 9.17) is 4.42 Å². The predicted octanol–water partition coefficient (Wildman–Crippen LogP) is 1.89. The first-order chi connectivity index (χ1) is 8.44. The van der Waals surface area contributed by atoms with Gasteiger partial charge in [-0.1, -0.05) is 0 Å². The highest BCUT2D eigenvalue weighted by Crippen LogP contribution is 2.37. The summed E-state index contributed by atoms with van der Waals surface area (Å²) >= 11 is 1.68. The Bertz CT molecular complexity index is 408. The minimum absolute atomic E-state index is 0.00293. The van der Waals surface area contributed by atoms with Crippen molar-refractivity contribution in [2.45, 2.75) is 37.0 Å². The average molecular weight is 269 g/mol. The van der Waals surface area contributed by atoms with Crippen molar-refractivity contribution in [1.29, 1.82) is 0 Å². The number of thioether (sulfide) groups is 1. The van der Waals surface area contributed by atoms with E-state index in [0.29, 0.717) is 5.76 Å². The summed E-state index contributed by atoms with van der Waals surface area (Å²) in [6, 6.07) is 3.43. The molecule has 2 unspecified atom stereocenters. The molecule has 100 valence electrons. The quantitative estimate of drug-likeness (QED) is 0.876. The molecular formula is C13H19NO3S. The van der Waals surface area contributed by atoms with Crippen molar-refractivity contribution in [3.8, 4) is 0 Å². The summed E-state index contributed by atoms with van der Waals surface area (Å²) in [5, 5.41) is 13.1. The number of amides is 1. The van der Waals surface area contributed by atoms with Gasteiger partial charge in [-0.25, -0.2) is 0 Å². The van der Waals surface area contributed by atoms with E-state index in [1.165, 1.54) is 6.26 Å². The van der Waals surface area contributed by atoms with Crippen molar-refractivity contribution in [2.24, 2.45) is 0 Å². The molecule has 1 aliphatic rings. The van der Waals surface area contributed by atoms with E-state index < -0.39 is 5.60 Å². The molecule has 1 amide bonds. The Morgan fingerprint density at radius 2 is 2.50 bits per heavy atom. The van der Waals surface area contributed by atoms with Crippen LogP contribution in [0.4, 0.5) is 0 Å². The summed E-state index contributed by atoms with van der Waals surface area (Å²) in [7, 11) is 0. The van der Waals surface area contributed by atoms with Crippen molar-refractivity contribution in [2.75, 3.05) is 12.3 Å². The molecule has 18 heavy (non-hydrogen) atoms. The van der Waals surface area contributed by atoms with E-state index in [1.54, 1.807) is 30.8 Å². The highest BCUT2D eigenvalue weighted by molar-refractivity contribution is 8.01. The Kier molecular flexibility index (Phi) is 3.73. The summed E-state index contributed by atoms with van der Waals surface area (Å²) in [6.07, 6.45) is 3.48. The summed E-state index contributed by atoms with van der Waals surface area (Å²) in [5.74, 6) is 1.49. The highest BCUT2D eigenvalue weighted by atomic mass is 32.2. The summed E-state index contributed by atoms with van der Waals surface area (Å²) in [5.41, 5.74) is -1.17. The number of hydrogen-bond donors (Lipinski definition) is 2. The normalized spacial score (nSPS) is 26.8. The molecule has 0 radical (unpaired) electrons. The van der Waals surface area contributed by atoms with Gasteiger partial charge in [-0.15, -0.1) is 11.8 Å². The molecule has 4 nitrogen and oxygen atoms in total. The van der Waals surface area contributed by atoms with Gasteiger partial charge in [0.1, 0.15) is 11.4 Å². The molecule has 0 spiro atoms. The molecule has 1 fully saturated rings. The number of furan rings is 1. The van der Waals surface area contributed by atoms with Crippen LogP contribution in [0.3, 0.4) is 0 Å². The molecule has 0 saturated carbocycles. The van der Waals surface area contributed by atoms with E-state index in [0.717, 1.165) is 18.6 Å². The number of carbonyl (C=O) groups excluding carboxylic acids is 1. The first-order valence-electron chi connectivity index (χ1n) is 6.13. The van der Waals surface area contributed by atoms with Crippen LogP contribution >= 0.6 is 11.8 Å². The maximum absolute atomic E-state index is 12.1. The number of carbonyl (C=O) groups is 1. The Morgan fingerprint density at radius 1 is 1.72 bits per heavy atom. The molecule has 1 aromatic rings. The Balaban J connectivity index is 1.93. The van der Waals surface area contributed by atoms with Crippen molar-refractivity contribution >= 4 is 17.7 Å². The van der Waals surface area contributed by atoms with Crippen LogP contribution in [0.2, 0.25) is 0 Å². The van der Waals surface area contributed by atoms with Crippen molar-refractivity contribution in [3.63, 3.8) is 0 Å². The van der Waals surface area contributed by atoms with Gasteiger partial charge in [0.05, 0.1) is 17.6 Å². The molecule has 1 saturated heterocycles. The van der Waals surface area contributed by atoms with Gasteiger partial charge in [0.2, 0.25) is 5.91 Å². The summed E-state index contributed by atoms with van der Waals surface area (Å²) in [4.78, 5) is 12.1. The lowest BCUT2D eigenvalue weighted by Gasteiger charge is -2.26. The molecular weight excluding hydrogens is 250 g/mol. The van der Waals surface area contributed by atoms with Gasteiger partial charge in [-0.3, -0.25) is 4.79 Å². The van der Waals surface area contributed by atoms with Crippen molar-refractivity contribution in [1.82, 2.24) is 5.32 Å². The molecule has 2 N–H and O–H groups in total. The summed E-state index contributed by atoms with van der Waals surface area (Å²) < 4.78 is 4.83. The van der Waals surface area contributed by atoms with E-state index in [-0.39, 0.29) is 17.2 Å². The van der Waals surface area contributed by atoms with Gasteiger partial charge in [-0.2, -0.15) is 0 Å². The van der Waals surface area contributed by atoms with Crippen LogP contribution in [-0.4, -0.2) is 28.1 Å². The molecule has 5 heteroatoms. The third kappa shape index (κ3) is 2.72. The lowest BCUT2D eigenvalue weighted by atomic mass is 10.0. The maximum Gasteiger partial charge on any atom is 0.236 e. The largest absolute Gasteiger partial charge is 0.466 e. The molecule has 1 aromatic heterocycles. The number of aliphatic hydroxyl groups is 1. The van der Waals surface area contributed by atoms with Gasteiger partial charge >= 0.3 is 0 Å². The zero-order chi connectivity index (χ0) is 13.2. The topological polar surface area (TPSA) is 62.5 Å². The van der Waals surface area contributed by atoms with Gasteiger partial charge in [0.25, 0.3) is 0 Å². The molecule has 2 rings (SSSR count). The van der Waals surface area contributed by atoms with Crippen molar-refractivity contribution < 1.29 is 14.3 Å². The fraction of sp³-hybridized carbons (Fsp3) is 0.615. The monoisotopic (exact) mass is 269 g/mol. The second kappa shape index (κ2) is 4.97. The summed E-state index contributed by atoms with van der Waals surface area (Å²) in [6.45, 7) is 3.76. The number of rotatable bonds is 4. The van der Waals surface area contributed by atoms with Gasteiger partial charge in [0.15, 0.2) is 0 Å². The maximum atomic E-state index is 12.1. The Morgan fingerprint density at radius 3 is 3.06 bits per heavy atom. The average Bonchev–Trinajstić information content (AvgIpc) is 2.97. The van der Waals surface area contributed by atoms with Crippen LogP contribution in [0.1, 0.15) is 32.4 Å². The van der Waals surface area contributed by atoms with Crippen molar-refractivity contribution in [3.05, 3.63) is 24.2 Å². The van der Waals surface area contributed by atoms with Crippen LogP contribution in [0.5, 0.6) is 0 Å². The van der Waals surface area contributed by atoms with Crippen LogP contribution in [0.25, 0.3) is 0 Å². The molecule has 2 atom stereocenters. The number of hydrogen-bond acceptors (Lipinski definition) is 4. The van der Waals surface area contributed by atoms with Crippen LogP contribution in [0.15, 0.2) is 22.8 Å². The molecule has 0 bridgehead atoms. The SMILES string of the molecule is CC1(C(=O)NCC(C)(O)c2ccco2)CCCS1. The second-order valence-corrected chi connectivity index (χ2v) is 6.71. The minimum atomic E-state index is -1.17. The Labute approximate surface area is 111 Å². The van der Waals surface area contributed by atoms with Gasteiger partial charge in [0, 0.05) is 0 Å². The van der Waals surface area contributed by atoms with Gasteiger partial charge in [-0.05, 0) is 44.6 Å². The molecule has 0 aliphatic carbocycles. The van der Waals surface area contributed by atoms with Gasteiger partial charge < -0.3 is 14.8 Å². The zero-order valence-electron chi connectivity index (χ0n) is 10.7. The minimum Gasteiger partial charge on any atom is -0.466 e. The van der Waals surface area contributed by atoms with Crippen LogP contribution in [0, 0.1) is 0 Å². The third-order valence-corrected chi connectivity index (χ3v) is 4.86. The van der Waals surface area contributed by atoms with E-state index in [9.17, 15) is 9.90 Å². The number of nitrogens with one attached hydrogen (secondary N) is 1. The standard InChI is InChI=1S/C13H19NO3S/c1-12(16,10-5-3-7-17-10)9-14-11(15)13(2)6-4-8-18-13/h3,5,7,16H,4,6,8-9H2,1-2H3,(H,14,15). The predicted molar refractivity (Wildman–Crippen MR) is 71.4 cm³/mol. The smallest absolute Gasteiger partial charge is 0.236 e. The fourth-order valence-corrected chi connectivity index (χ4v) is 3.30. The Hall–Kier alpha value is -0.940. The highest BCUT2D eigenvalue weighted by Gasteiger charge is 2.38. The molecule has 0 aromatic carbocycles. The second-order valence-electron chi connectivity index (χ2n) is 5.12. The lowest BCUT2D eigenvalue weighted by molar-refractivity contribution is -0.124. The lowest BCUT2D eigenvalue weighted by Crippen LogP contribution is -2.46. The molecule has 1 aliphatic heterocycles. The fourth-order valence-electron chi connectivity index (χ4n) is 2.07. The third-order valence-electron chi connectivity index (χ3n) is 3.34. The van der Waals surface area contributed by atoms with E-state index >= 15 is 0 Å². The van der Waals surface area contributed by atoms with Crippen LogP contribution in [-0.2, 0) is 10.4 Å². The first-order valence-corrected chi connectivity index (χ1v) is 7.11. The van der Waals surface area contributed by atoms with E-state index in [1.807, 2.05) is 6.92 Å². The first kappa shape index (κ1) is 13.5. The zero-order valence-corrected chi connectivity index (χ0v) is 11.5. The van der Waals surface area contributed by atoms with Crippen LogP contribution < -0.4 is 5.32 Å².